The molecule has 0 spiro atoms. The van der Waals surface area contributed by atoms with E-state index in [-0.39, 0.29) is 24.4 Å². The average Bonchev–Trinajstić information content (AvgIpc) is 3.05. The largest absolute Gasteiger partial charge is 0.378 e. The molecule has 0 aliphatic carbocycles. The number of benzene rings is 1. The van der Waals surface area contributed by atoms with E-state index >= 15 is 0 Å². The van der Waals surface area contributed by atoms with E-state index in [0.29, 0.717) is 32.3 Å². The maximum Gasteiger partial charge on any atom is 0.242 e. The normalized spacial score (nSPS) is 24.3. The summed E-state index contributed by atoms with van der Waals surface area (Å²) >= 11 is 0. The van der Waals surface area contributed by atoms with Crippen molar-refractivity contribution in [3.05, 3.63) is 35.9 Å². The van der Waals surface area contributed by atoms with Crippen molar-refractivity contribution in [2.45, 2.75) is 19.1 Å². The number of carbonyl (C=O) groups excluding carboxylic acids is 1. The van der Waals surface area contributed by atoms with E-state index in [2.05, 4.69) is 17.4 Å². The number of carbonyl (C=O) groups is 1. The fourth-order valence-electron chi connectivity index (χ4n) is 3.03. The predicted molar refractivity (Wildman–Crippen MR) is 90.6 cm³/mol. The predicted octanol–water partition coefficient (Wildman–Crippen LogP) is 1.46. The van der Waals surface area contributed by atoms with Crippen molar-refractivity contribution in [3.63, 3.8) is 0 Å². The first kappa shape index (κ1) is 18.2. The fourth-order valence-corrected chi connectivity index (χ4v) is 3.03. The first-order chi connectivity index (χ1) is 10.8. The third kappa shape index (κ3) is 5.18. The van der Waals surface area contributed by atoms with Crippen LogP contribution in [0.15, 0.2) is 30.3 Å². The number of halogens is 1. The van der Waals surface area contributed by atoms with Gasteiger partial charge in [-0.3, -0.25) is 4.79 Å². The Morgan fingerprint density at radius 1 is 1.35 bits per heavy atom. The minimum Gasteiger partial charge on any atom is -0.378 e. The number of likely N-dealkylation sites (tertiary alicyclic amines) is 1. The second kappa shape index (κ2) is 9.23. The maximum atomic E-state index is 12.4. The highest BCUT2D eigenvalue weighted by Crippen LogP contribution is 2.18. The molecule has 2 aliphatic rings. The lowest BCUT2D eigenvalue weighted by Crippen LogP contribution is -2.52. The van der Waals surface area contributed by atoms with Gasteiger partial charge >= 0.3 is 0 Å². The van der Waals surface area contributed by atoms with Gasteiger partial charge in [0.25, 0.3) is 0 Å². The monoisotopic (exact) mass is 340 g/mol. The molecule has 0 saturated carbocycles. The van der Waals surface area contributed by atoms with Crippen molar-refractivity contribution in [2.75, 3.05) is 39.5 Å². The third-order valence-corrected chi connectivity index (χ3v) is 4.28. The second-order valence-corrected chi connectivity index (χ2v) is 6.02. The SMILES string of the molecule is Cl.O=C(C1COCCN1)N1CCC(COCc2ccccc2)C1. The summed E-state index contributed by atoms with van der Waals surface area (Å²) in [5.41, 5.74) is 1.19. The van der Waals surface area contributed by atoms with Gasteiger partial charge in [-0.15, -0.1) is 12.4 Å². The summed E-state index contributed by atoms with van der Waals surface area (Å²) in [7, 11) is 0. The van der Waals surface area contributed by atoms with Crippen LogP contribution in [0, 0.1) is 5.92 Å². The van der Waals surface area contributed by atoms with Gasteiger partial charge in [0.05, 0.1) is 26.4 Å². The molecule has 0 radical (unpaired) electrons. The van der Waals surface area contributed by atoms with Crippen molar-refractivity contribution >= 4 is 18.3 Å². The zero-order valence-corrected chi connectivity index (χ0v) is 14.1. The molecule has 3 rings (SSSR count). The lowest BCUT2D eigenvalue weighted by molar-refractivity contribution is -0.135. The van der Waals surface area contributed by atoms with E-state index in [1.807, 2.05) is 23.1 Å². The van der Waals surface area contributed by atoms with Crippen LogP contribution in [0.25, 0.3) is 0 Å². The Morgan fingerprint density at radius 3 is 2.91 bits per heavy atom. The van der Waals surface area contributed by atoms with E-state index in [9.17, 15) is 4.79 Å². The molecule has 2 fully saturated rings. The Morgan fingerprint density at radius 2 is 2.17 bits per heavy atom. The van der Waals surface area contributed by atoms with Crippen LogP contribution in [0.1, 0.15) is 12.0 Å². The van der Waals surface area contributed by atoms with Crippen molar-refractivity contribution in [3.8, 4) is 0 Å². The summed E-state index contributed by atoms with van der Waals surface area (Å²) in [6.07, 6.45) is 1.02. The summed E-state index contributed by atoms with van der Waals surface area (Å²) in [6, 6.07) is 10.0. The van der Waals surface area contributed by atoms with Gasteiger partial charge < -0.3 is 19.7 Å². The van der Waals surface area contributed by atoms with Gasteiger partial charge in [-0.2, -0.15) is 0 Å². The lowest BCUT2D eigenvalue weighted by Gasteiger charge is -2.27. The summed E-state index contributed by atoms with van der Waals surface area (Å²) in [4.78, 5) is 14.3. The van der Waals surface area contributed by atoms with Crippen LogP contribution in [0.4, 0.5) is 0 Å². The van der Waals surface area contributed by atoms with Crippen LogP contribution in [-0.4, -0.2) is 56.3 Å². The van der Waals surface area contributed by atoms with Crippen molar-refractivity contribution < 1.29 is 14.3 Å². The van der Waals surface area contributed by atoms with E-state index in [1.54, 1.807) is 0 Å². The van der Waals surface area contributed by atoms with E-state index in [1.165, 1.54) is 5.56 Å². The Hall–Kier alpha value is -1.14. The molecule has 5 nitrogen and oxygen atoms in total. The lowest BCUT2D eigenvalue weighted by atomic mass is 10.1. The molecule has 23 heavy (non-hydrogen) atoms. The highest BCUT2D eigenvalue weighted by Gasteiger charge is 2.31. The molecule has 128 valence electrons. The van der Waals surface area contributed by atoms with Crippen LogP contribution in [-0.2, 0) is 20.9 Å². The molecule has 0 aromatic heterocycles. The molecule has 0 bridgehead atoms. The smallest absolute Gasteiger partial charge is 0.242 e. The number of hydrogen-bond acceptors (Lipinski definition) is 4. The molecule has 2 heterocycles. The Bertz CT molecular complexity index is 480. The van der Waals surface area contributed by atoms with Crippen molar-refractivity contribution in [1.29, 1.82) is 0 Å². The molecule has 1 amide bonds. The quantitative estimate of drug-likeness (QED) is 0.881. The zero-order valence-electron chi connectivity index (χ0n) is 13.3. The second-order valence-electron chi connectivity index (χ2n) is 6.02. The number of nitrogens with zero attached hydrogens (tertiary/aromatic N) is 1. The van der Waals surface area contributed by atoms with Crippen LogP contribution in [0.5, 0.6) is 0 Å². The van der Waals surface area contributed by atoms with Gasteiger partial charge in [0, 0.05) is 25.6 Å². The summed E-state index contributed by atoms with van der Waals surface area (Å²) in [6.45, 7) is 4.93. The minimum absolute atomic E-state index is 0. The standard InChI is InChI=1S/C17H24N2O3.ClH/c20-17(16-13-21-9-7-18-16)19-8-6-15(10-19)12-22-11-14-4-2-1-3-5-14;/h1-5,15-16,18H,6-13H2;1H. The highest BCUT2D eigenvalue weighted by molar-refractivity contribution is 5.85. The highest BCUT2D eigenvalue weighted by atomic mass is 35.5. The van der Waals surface area contributed by atoms with Crippen molar-refractivity contribution in [2.24, 2.45) is 5.92 Å². The van der Waals surface area contributed by atoms with Gasteiger partial charge in [0.15, 0.2) is 0 Å². The maximum absolute atomic E-state index is 12.4. The molecule has 1 aromatic rings. The van der Waals surface area contributed by atoms with E-state index in [4.69, 9.17) is 9.47 Å². The van der Waals surface area contributed by atoms with Gasteiger partial charge in [0.2, 0.25) is 5.91 Å². The Labute approximate surface area is 143 Å². The summed E-state index contributed by atoms with van der Waals surface area (Å²) < 4.78 is 11.2. The minimum atomic E-state index is -0.169. The van der Waals surface area contributed by atoms with E-state index < -0.39 is 0 Å². The molecule has 2 atom stereocenters. The fraction of sp³-hybridized carbons (Fsp3) is 0.588. The number of rotatable bonds is 5. The first-order valence-corrected chi connectivity index (χ1v) is 8.04. The molecule has 1 aromatic carbocycles. The number of ether oxygens (including phenoxy) is 2. The topological polar surface area (TPSA) is 50.8 Å². The molecule has 2 aliphatic heterocycles. The molecule has 2 saturated heterocycles. The molecule has 6 heteroatoms. The number of morpholine rings is 1. The van der Waals surface area contributed by atoms with Crippen LogP contribution in [0.3, 0.4) is 0 Å². The zero-order chi connectivity index (χ0) is 15.2. The molecule has 2 unspecified atom stereocenters. The van der Waals surface area contributed by atoms with Crippen LogP contribution < -0.4 is 5.32 Å². The summed E-state index contributed by atoms with van der Waals surface area (Å²) in [5.74, 6) is 0.613. The van der Waals surface area contributed by atoms with Crippen LogP contribution >= 0.6 is 12.4 Å². The van der Waals surface area contributed by atoms with Gasteiger partial charge in [0.1, 0.15) is 6.04 Å². The first-order valence-electron chi connectivity index (χ1n) is 8.04. The average molecular weight is 341 g/mol. The Kier molecular flexibility index (Phi) is 7.30. The van der Waals surface area contributed by atoms with Gasteiger partial charge in [-0.05, 0) is 12.0 Å². The molecular formula is C17H25ClN2O3. The Balaban J connectivity index is 0.00000192. The third-order valence-electron chi connectivity index (χ3n) is 4.28. The van der Waals surface area contributed by atoms with E-state index in [0.717, 1.165) is 26.1 Å². The number of hydrogen-bond donors (Lipinski definition) is 1. The molecular weight excluding hydrogens is 316 g/mol. The molecule has 1 N–H and O–H groups in total. The number of nitrogens with one attached hydrogen (secondary N) is 1. The summed E-state index contributed by atoms with van der Waals surface area (Å²) in [5, 5.41) is 3.23. The van der Waals surface area contributed by atoms with Gasteiger partial charge in [-0.25, -0.2) is 0 Å². The van der Waals surface area contributed by atoms with Gasteiger partial charge in [-0.1, -0.05) is 30.3 Å². The van der Waals surface area contributed by atoms with Crippen molar-refractivity contribution in [1.82, 2.24) is 10.2 Å². The van der Waals surface area contributed by atoms with Crippen LogP contribution in [0.2, 0.25) is 0 Å². The number of amides is 1.